The molecule has 0 atom stereocenters. The second-order valence-corrected chi connectivity index (χ2v) is 6.88. The number of para-hydroxylation sites is 1. The predicted molar refractivity (Wildman–Crippen MR) is 106 cm³/mol. The Morgan fingerprint density at radius 2 is 1.65 bits per heavy atom. The Morgan fingerprint density at radius 1 is 0.962 bits per heavy atom. The van der Waals surface area contributed by atoms with Gasteiger partial charge < -0.3 is 9.80 Å². The first-order chi connectivity index (χ1) is 12.7. The third-order valence-electron chi connectivity index (χ3n) is 5.15. The van der Waals surface area contributed by atoms with E-state index in [2.05, 4.69) is 35.9 Å². The Balaban J connectivity index is 1.91. The van der Waals surface area contributed by atoms with Crippen molar-refractivity contribution in [1.29, 1.82) is 0 Å². The van der Waals surface area contributed by atoms with Gasteiger partial charge in [-0.3, -0.25) is 4.79 Å². The molecule has 3 aromatic rings. The summed E-state index contributed by atoms with van der Waals surface area (Å²) in [5, 5.41) is 0.657. The summed E-state index contributed by atoms with van der Waals surface area (Å²) in [6, 6.07) is 15.8. The van der Waals surface area contributed by atoms with Crippen LogP contribution in [0.1, 0.15) is 12.5 Å². The Bertz CT molecular complexity index is 969. The molecule has 2 aromatic carbocycles. The zero-order valence-electron chi connectivity index (χ0n) is 15.4. The van der Waals surface area contributed by atoms with Gasteiger partial charge in [-0.1, -0.05) is 31.2 Å². The van der Waals surface area contributed by atoms with Crippen molar-refractivity contribution in [3.05, 3.63) is 64.4 Å². The van der Waals surface area contributed by atoms with Crippen LogP contribution in [-0.2, 0) is 6.42 Å². The fraction of sp³-hybridized carbons (Fsp3) is 0.333. The number of fused-ring (bicyclic) bond motifs is 1. The normalized spacial score (nSPS) is 15.5. The van der Waals surface area contributed by atoms with E-state index in [0.29, 0.717) is 5.39 Å². The highest BCUT2D eigenvalue weighted by atomic mass is 16.1. The van der Waals surface area contributed by atoms with E-state index in [9.17, 15) is 4.79 Å². The van der Waals surface area contributed by atoms with Gasteiger partial charge in [-0.15, -0.1) is 0 Å². The van der Waals surface area contributed by atoms with Crippen molar-refractivity contribution >= 4 is 16.9 Å². The first-order valence-electron chi connectivity index (χ1n) is 9.22. The van der Waals surface area contributed by atoms with E-state index in [0.717, 1.165) is 49.8 Å². The lowest BCUT2D eigenvalue weighted by Crippen LogP contribution is -2.46. The van der Waals surface area contributed by atoms with Gasteiger partial charge in [0.2, 0.25) is 5.95 Å². The predicted octanol–water partition coefficient (Wildman–Crippen LogP) is 2.70. The lowest BCUT2D eigenvalue weighted by atomic mass is 10.1. The Morgan fingerprint density at radius 3 is 2.35 bits per heavy atom. The monoisotopic (exact) mass is 348 g/mol. The fourth-order valence-electron chi connectivity index (χ4n) is 3.45. The van der Waals surface area contributed by atoms with Gasteiger partial charge in [0.25, 0.3) is 5.56 Å². The SMILES string of the molecule is CCc1ccc(-n2c(N3CCN(C)CC3)nc3ccccc3c2=O)cc1. The number of hydrogen-bond acceptors (Lipinski definition) is 4. The topological polar surface area (TPSA) is 41.4 Å². The molecule has 0 aliphatic carbocycles. The fourth-order valence-corrected chi connectivity index (χ4v) is 3.45. The van der Waals surface area contributed by atoms with E-state index in [1.165, 1.54) is 5.56 Å². The molecule has 1 saturated heterocycles. The number of aryl methyl sites for hydroxylation is 1. The maximum Gasteiger partial charge on any atom is 0.267 e. The third kappa shape index (κ3) is 2.99. The number of nitrogens with zero attached hydrogens (tertiary/aromatic N) is 4. The molecule has 1 aromatic heterocycles. The highest BCUT2D eigenvalue weighted by Crippen LogP contribution is 2.21. The molecule has 4 rings (SSSR count). The molecule has 1 aliphatic rings. The average molecular weight is 348 g/mol. The molecule has 5 nitrogen and oxygen atoms in total. The lowest BCUT2D eigenvalue weighted by Gasteiger charge is -2.34. The molecular formula is C21H24N4O. The van der Waals surface area contributed by atoms with Crippen molar-refractivity contribution in [3.8, 4) is 5.69 Å². The van der Waals surface area contributed by atoms with Crippen molar-refractivity contribution in [3.63, 3.8) is 0 Å². The molecular weight excluding hydrogens is 324 g/mol. The minimum atomic E-state index is -0.00576. The van der Waals surface area contributed by atoms with Crippen LogP contribution in [0.25, 0.3) is 16.6 Å². The highest BCUT2D eigenvalue weighted by molar-refractivity contribution is 5.79. The molecule has 0 radical (unpaired) electrons. The summed E-state index contributed by atoms with van der Waals surface area (Å²) in [6.45, 7) is 5.81. The zero-order chi connectivity index (χ0) is 18.1. The first-order valence-corrected chi connectivity index (χ1v) is 9.22. The summed E-state index contributed by atoms with van der Waals surface area (Å²) in [7, 11) is 2.13. The summed E-state index contributed by atoms with van der Waals surface area (Å²) in [6.07, 6.45) is 0.983. The molecule has 26 heavy (non-hydrogen) atoms. The maximum atomic E-state index is 13.3. The molecule has 2 heterocycles. The van der Waals surface area contributed by atoms with E-state index in [1.807, 2.05) is 36.4 Å². The zero-order valence-corrected chi connectivity index (χ0v) is 15.4. The van der Waals surface area contributed by atoms with Crippen LogP contribution in [-0.4, -0.2) is 47.7 Å². The van der Waals surface area contributed by atoms with E-state index in [1.54, 1.807) is 4.57 Å². The van der Waals surface area contributed by atoms with Crippen molar-refractivity contribution < 1.29 is 0 Å². The second-order valence-electron chi connectivity index (χ2n) is 6.88. The van der Waals surface area contributed by atoms with E-state index < -0.39 is 0 Å². The standard InChI is InChI=1S/C21H24N4O/c1-3-16-8-10-17(11-9-16)25-20(26)18-6-4-5-7-19(18)22-21(25)24-14-12-23(2)13-15-24/h4-11H,3,12-15H2,1-2H3. The number of piperazine rings is 1. The molecule has 0 N–H and O–H groups in total. The number of anilines is 1. The average Bonchev–Trinajstić information content (AvgIpc) is 2.69. The quantitative estimate of drug-likeness (QED) is 0.730. The smallest absolute Gasteiger partial charge is 0.267 e. The summed E-state index contributed by atoms with van der Waals surface area (Å²) < 4.78 is 1.77. The van der Waals surface area contributed by atoms with Crippen LogP contribution in [0.5, 0.6) is 0 Å². The van der Waals surface area contributed by atoms with Gasteiger partial charge >= 0.3 is 0 Å². The van der Waals surface area contributed by atoms with Crippen LogP contribution < -0.4 is 10.5 Å². The van der Waals surface area contributed by atoms with E-state index >= 15 is 0 Å². The Labute approximate surface area is 153 Å². The highest BCUT2D eigenvalue weighted by Gasteiger charge is 2.21. The van der Waals surface area contributed by atoms with Gasteiger partial charge in [0.15, 0.2) is 0 Å². The Kier molecular flexibility index (Phi) is 4.47. The number of likely N-dealkylation sites (N-methyl/N-ethyl adjacent to an activating group) is 1. The maximum absolute atomic E-state index is 13.3. The first kappa shape index (κ1) is 16.8. The second kappa shape index (κ2) is 6.92. The van der Waals surface area contributed by atoms with Crippen LogP contribution >= 0.6 is 0 Å². The molecule has 0 spiro atoms. The van der Waals surface area contributed by atoms with Gasteiger partial charge in [-0.25, -0.2) is 9.55 Å². The van der Waals surface area contributed by atoms with E-state index in [4.69, 9.17) is 4.98 Å². The van der Waals surface area contributed by atoms with Crippen molar-refractivity contribution in [2.24, 2.45) is 0 Å². The summed E-state index contributed by atoms with van der Waals surface area (Å²) in [4.78, 5) is 22.7. The summed E-state index contributed by atoms with van der Waals surface area (Å²) in [5.41, 5.74) is 2.89. The lowest BCUT2D eigenvalue weighted by molar-refractivity contribution is 0.310. The van der Waals surface area contributed by atoms with Crippen LogP contribution in [0.15, 0.2) is 53.3 Å². The van der Waals surface area contributed by atoms with Gasteiger partial charge in [-0.2, -0.15) is 0 Å². The Hall–Kier alpha value is -2.66. The minimum Gasteiger partial charge on any atom is -0.339 e. The van der Waals surface area contributed by atoms with Crippen molar-refractivity contribution in [2.45, 2.75) is 13.3 Å². The molecule has 0 bridgehead atoms. The van der Waals surface area contributed by atoms with Crippen LogP contribution in [0.4, 0.5) is 5.95 Å². The molecule has 134 valence electrons. The summed E-state index contributed by atoms with van der Waals surface area (Å²) in [5.74, 6) is 0.742. The van der Waals surface area contributed by atoms with Crippen LogP contribution in [0.3, 0.4) is 0 Å². The van der Waals surface area contributed by atoms with Crippen molar-refractivity contribution in [2.75, 3.05) is 38.1 Å². The van der Waals surface area contributed by atoms with Gasteiger partial charge in [0, 0.05) is 26.2 Å². The van der Waals surface area contributed by atoms with E-state index in [-0.39, 0.29) is 5.56 Å². The molecule has 0 saturated carbocycles. The van der Waals surface area contributed by atoms with Gasteiger partial charge in [-0.05, 0) is 43.3 Å². The number of rotatable bonds is 3. The van der Waals surface area contributed by atoms with Crippen LogP contribution in [0, 0.1) is 0 Å². The van der Waals surface area contributed by atoms with Gasteiger partial charge in [0.05, 0.1) is 16.6 Å². The number of aromatic nitrogens is 2. The molecule has 0 amide bonds. The molecule has 5 heteroatoms. The number of hydrogen-bond donors (Lipinski definition) is 0. The minimum absolute atomic E-state index is 0.00576. The largest absolute Gasteiger partial charge is 0.339 e. The molecule has 0 unspecified atom stereocenters. The molecule has 1 fully saturated rings. The van der Waals surface area contributed by atoms with Crippen LogP contribution in [0.2, 0.25) is 0 Å². The third-order valence-corrected chi connectivity index (χ3v) is 5.15. The summed E-state index contributed by atoms with van der Waals surface area (Å²) >= 11 is 0. The molecule has 1 aliphatic heterocycles. The van der Waals surface area contributed by atoms with Crippen molar-refractivity contribution in [1.82, 2.24) is 14.5 Å². The number of benzene rings is 2. The van der Waals surface area contributed by atoms with Gasteiger partial charge in [0.1, 0.15) is 0 Å².